The molecule has 1 amide bonds. The van der Waals surface area contributed by atoms with Crippen LogP contribution in [0.25, 0.3) is 0 Å². The highest BCUT2D eigenvalue weighted by atomic mass is 79.9. The molecule has 0 unspecified atom stereocenters. The number of hydrogen-bond acceptors (Lipinski definition) is 2. The van der Waals surface area contributed by atoms with Crippen LogP contribution >= 0.6 is 15.9 Å². The van der Waals surface area contributed by atoms with Crippen LogP contribution in [-0.2, 0) is 4.79 Å². The van der Waals surface area contributed by atoms with Crippen LogP contribution in [0.1, 0.15) is 20.8 Å². The molecule has 0 aromatic heterocycles. The van der Waals surface area contributed by atoms with Crippen LogP contribution in [0.2, 0.25) is 0 Å². The molecule has 0 aliphatic carbocycles. The van der Waals surface area contributed by atoms with E-state index >= 15 is 0 Å². The number of ether oxygens (including phenoxy) is 1. The van der Waals surface area contributed by atoms with E-state index in [4.69, 9.17) is 4.74 Å². The first-order chi connectivity index (χ1) is 10.2. The Bertz CT molecular complexity index is 678. The molecule has 2 aromatic rings. The first-order valence-corrected chi connectivity index (χ1v) is 7.59. The lowest BCUT2D eigenvalue weighted by atomic mass is 9.95. The Hall–Kier alpha value is -1.88. The van der Waals surface area contributed by atoms with Crippen LogP contribution in [-0.4, -0.2) is 5.91 Å². The van der Waals surface area contributed by atoms with Crippen molar-refractivity contribution < 1.29 is 13.9 Å². The van der Waals surface area contributed by atoms with E-state index in [1.807, 2.05) is 20.8 Å². The van der Waals surface area contributed by atoms with Gasteiger partial charge < -0.3 is 10.1 Å². The summed E-state index contributed by atoms with van der Waals surface area (Å²) in [7, 11) is 0. The van der Waals surface area contributed by atoms with E-state index in [2.05, 4.69) is 21.2 Å². The minimum Gasteiger partial charge on any atom is -0.457 e. The fraction of sp³-hybridized carbons (Fsp3) is 0.235. The Morgan fingerprint density at radius 2 is 1.73 bits per heavy atom. The largest absolute Gasteiger partial charge is 0.457 e. The molecule has 0 saturated heterocycles. The molecule has 5 heteroatoms. The van der Waals surface area contributed by atoms with Gasteiger partial charge in [0.25, 0.3) is 0 Å². The number of rotatable bonds is 3. The van der Waals surface area contributed by atoms with Crippen LogP contribution in [0.5, 0.6) is 11.5 Å². The number of halogens is 2. The third-order valence-electron chi connectivity index (χ3n) is 2.86. The number of nitrogens with one attached hydrogen (secondary N) is 1. The minimum atomic E-state index is -0.486. The van der Waals surface area contributed by atoms with E-state index in [0.29, 0.717) is 17.2 Å². The van der Waals surface area contributed by atoms with Crippen LogP contribution < -0.4 is 10.1 Å². The molecule has 0 aliphatic heterocycles. The molecule has 0 saturated carbocycles. The van der Waals surface area contributed by atoms with E-state index in [1.165, 1.54) is 12.1 Å². The fourth-order valence-electron chi connectivity index (χ4n) is 1.65. The van der Waals surface area contributed by atoms with Crippen molar-refractivity contribution in [3.05, 3.63) is 52.8 Å². The van der Waals surface area contributed by atoms with Gasteiger partial charge in [-0.15, -0.1) is 0 Å². The summed E-state index contributed by atoms with van der Waals surface area (Å²) in [5.41, 5.74) is 0.145. The molecule has 116 valence electrons. The number of hydrogen-bond donors (Lipinski definition) is 1. The molecular formula is C17H17BrFNO2. The van der Waals surface area contributed by atoms with Crippen molar-refractivity contribution in [2.75, 3.05) is 5.32 Å². The molecular weight excluding hydrogens is 349 g/mol. The molecule has 0 heterocycles. The van der Waals surface area contributed by atoms with Gasteiger partial charge in [-0.05, 0) is 36.4 Å². The Morgan fingerprint density at radius 1 is 1.09 bits per heavy atom. The summed E-state index contributed by atoms with van der Waals surface area (Å²) in [6.07, 6.45) is 0. The highest BCUT2D eigenvalue weighted by Gasteiger charge is 2.21. The highest BCUT2D eigenvalue weighted by molar-refractivity contribution is 9.10. The molecule has 0 radical (unpaired) electrons. The molecule has 22 heavy (non-hydrogen) atoms. The van der Waals surface area contributed by atoms with Crippen molar-refractivity contribution in [2.45, 2.75) is 20.8 Å². The monoisotopic (exact) mass is 365 g/mol. The topological polar surface area (TPSA) is 38.3 Å². The van der Waals surface area contributed by atoms with Crippen molar-refractivity contribution in [2.24, 2.45) is 5.41 Å². The van der Waals surface area contributed by atoms with Gasteiger partial charge in [-0.1, -0.05) is 36.7 Å². The summed E-state index contributed by atoms with van der Waals surface area (Å²) in [4.78, 5) is 12.0. The SMILES string of the molecule is CC(C)(C)C(=O)Nc1cc(Br)cc(Oc2ccc(F)cc2)c1. The van der Waals surface area contributed by atoms with Crippen molar-refractivity contribution >= 4 is 27.5 Å². The summed E-state index contributed by atoms with van der Waals surface area (Å²) in [5, 5.41) is 2.85. The maximum atomic E-state index is 12.9. The minimum absolute atomic E-state index is 0.0849. The first kappa shape index (κ1) is 16.5. The second-order valence-corrected chi connectivity index (χ2v) is 6.85. The quantitative estimate of drug-likeness (QED) is 0.794. The van der Waals surface area contributed by atoms with Gasteiger partial charge in [-0.3, -0.25) is 4.79 Å². The third kappa shape index (κ3) is 4.56. The van der Waals surface area contributed by atoms with Crippen molar-refractivity contribution in [1.29, 1.82) is 0 Å². The number of amides is 1. The second kappa shape index (κ2) is 6.48. The average molecular weight is 366 g/mol. The number of carbonyl (C=O) groups excluding carboxylic acids is 1. The molecule has 2 aromatic carbocycles. The standard InChI is InChI=1S/C17H17BrFNO2/c1-17(2,3)16(21)20-13-8-11(18)9-15(10-13)22-14-6-4-12(19)5-7-14/h4-10H,1-3H3,(H,20,21). The third-order valence-corrected chi connectivity index (χ3v) is 3.32. The number of benzene rings is 2. The summed E-state index contributed by atoms with van der Waals surface area (Å²) < 4.78 is 19.3. The van der Waals surface area contributed by atoms with Gasteiger partial charge in [-0.25, -0.2) is 4.39 Å². The second-order valence-electron chi connectivity index (χ2n) is 5.94. The van der Waals surface area contributed by atoms with Crippen LogP contribution in [0.4, 0.5) is 10.1 Å². The van der Waals surface area contributed by atoms with E-state index < -0.39 is 5.41 Å². The summed E-state index contributed by atoms with van der Waals surface area (Å²) in [5.74, 6) is 0.663. The van der Waals surface area contributed by atoms with E-state index in [1.54, 1.807) is 30.3 Å². The molecule has 3 nitrogen and oxygen atoms in total. The first-order valence-electron chi connectivity index (χ1n) is 6.79. The summed E-state index contributed by atoms with van der Waals surface area (Å²) in [6, 6.07) is 11.0. The lowest BCUT2D eigenvalue weighted by Gasteiger charge is -2.18. The van der Waals surface area contributed by atoms with Crippen LogP contribution in [0, 0.1) is 11.2 Å². The molecule has 0 aliphatic rings. The Morgan fingerprint density at radius 3 is 2.32 bits per heavy atom. The Balaban J connectivity index is 2.19. The molecule has 0 atom stereocenters. The number of carbonyl (C=O) groups is 1. The lowest BCUT2D eigenvalue weighted by molar-refractivity contribution is -0.123. The zero-order chi connectivity index (χ0) is 16.3. The van der Waals surface area contributed by atoms with Gasteiger partial charge in [0.1, 0.15) is 17.3 Å². The van der Waals surface area contributed by atoms with Gasteiger partial charge in [0.15, 0.2) is 0 Å². The number of anilines is 1. The van der Waals surface area contributed by atoms with Gasteiger partial charge >= 0.3 is 0 Å². The molecule has 1 N–H and O–H groups in total. The average Bonchev–Trinajstić information content (AvgIpc) is 2.39. The Labute approximate surface area is 137 Å². The van der Waals surface area contributed by atoms with E-state index in [9.17, 15) is 9.18 Å². The molecule has 0 bridgehead atoms. The highest BCUT2D eigenvalue weighted by Crippen LogP contribution is 2.29. The van der Waals surface area contributed by atoms with E-state index in [0.717, 1.165) is 4.47 Å². The zero-order valence-corrected chi connectivity index (χ0v) is 14.2. The maximum Gasteiger partial charge on any atom is 0.229 e. The smallest absolute Gasteiger partial charge is 0.229 e. The lowest BCUT2D eigenvalue weighted by Crippen LogP contribution is -2.27. The predicted octanol–water partition coefficient (Wildman–Crippen LogP) is 5.37. The Kier molecular flexibility index (Phi) is 4.86. The normalized spacial score (nSPS) is 11.1. The summed E-state index contributed by atoms with van der Waals surface area (Å²) in [6.45, 7) is 5.53. The van der Waals surface area contributed by atoms with Crippen molar-refractivity contribution in [3.63, 3.8) is 0 Å². The van der Waals surface area contributed by atoms with Crippen molar-refractivity contribution in [1.82, 2.24) is 0 Å². The van der Waals surface area contributed by atoms with Gasteiger partial charge in [0, 0.05) is 21.6 Å². The zero-order valence-electron chi connectivity index (χ0n) is 12.6. The molecule has 0 spiro atoms. The van der Waals surface area contributed by atoms with Gasteiger partial charge in [0.05, 0.1) is 0 Å². The molecule has 2 rings (SSSR count). The van der Waals surface area contributed by atoms with E-state index in [-0.39, 0.29) is 11.7 Å². The predicted molar refractivity (Wildman–Crippen MR) is 88.7 cm³/mol. The molecule has 0 fully saturated rings. The fourth-order valence-corrected chi connectivity index (χ4v) is 2.12. The van der Waals surface area contributed by atoms with Crippen LogP contribution in [0.15, 0.2) is 46.9 Å². The summed E-state index contributed by atoms with van der Waals surface area (Å²) >= 11 is 3.39. The van der Waals surface area contributed by atoms with Gasteiger partial charge in [0.2, 0.25) is 5.91 Å². The maximum absolute atomic E-state index is 12.9. The van der Waals surface area contributed by atoms with Gasteiger partial charge in [-0.2, -0.15) is 0 Å². The van der Waals surface area contributed by atoms with Crippen molar-refractivity contribution in [3.8, 4) is 11.5 Å². The van der Waals surface area contributed by atoms with Crippen LogP contribution in [0.3, 0.4) is 0 Å².